The smallest absolute Gasteiger partial charge is 0.335 e. The summed E-state index contributed by atoms with van der Waals surface area (Å²) in [7, 11) is 0. The Labute approximate surface area is 173 Å². The largest absolute Gasteiger partial charge is 0.487 e. The Bertz CT molecular complexity index is 868. The molecule has 25 heavy (non-hydrogen) atoms. The summed E-state index contributed by atoms with van der Waals surface area (Å²) in [4.78, 5) is 11.1. The summed E-state index contributed by atoms with van der Waals surface area (Å²) in [5.41, 5.74) is 3.68. The van der Waals surface area contributed by atoms with Crippen LogP contribution in [0.15, 0.2) is 66.7 Å². The Morgan fingerprint density at radius 1 is 0.880 bits per heavy atom. The minimum absolute atomic E-state index is 0.272. The quantitative estimate of drug-likeness (QED) is 0.402. The van der Waals surface area contributed by atoms with E-state index in [0.29, 0.717) is 6.61 Å². The number of hydrogen-bond acceptors (Lipinski definition) is 2. The SMILES string of the molecule is O=C(O)c1cc(I)c(OCc2ccc(-c3ccccc3)cc2)c(I)c1. The van der Waals surface area contributed by atoms with Crippen LogP contribution in [-0.2, 0) is 6.61 Å². The second-order valence-corrected chi connectivity index (χ2v) is 7.75. The lowest BCUT2D eigenvalue weighted by Gasteiger charge is -2.12. The third-order valence-corrected chi connectivity index (χ3v) is 5.29. The molecule has 3 aromatic rings. The molecule has 3 nitrogen and oxygen atoms in total. The van der Waals surface area contributed by atoms with Gasteiger partial charge in [-0.2, -0.15) is 0 Å². The highest BCUT2D eigenvalue weighted by molar-refractivity contribution is 14.1. The number of halogens is 2. The first kappa shape index (κ1) is 18.2. The van der Waals surface area contributed by atoms with Crippen LogP contribution in [0.1, 0.15) is 15.9 Å². The highest BCUT2D eigenvalue weighted by Crippen LogP contribution is 2.30. The minimum Gasteiger partial charge on any atom is -0.487 e. The van der Waals surface area contributed by atoms with Crippen molar-refractivity contribution in [2.24, 2.45) is 0 Å². The van der Waals surface area contributed by atoms with Crippen LogP contribution < -0.4 is 4.74 Å². The van der Waals surface area contributed by atoms with Gasteiger partial charge in [-0.15, -0.1) is 0 Å². The van der Waals surface area contributed by atoms with Crippen molar-refractivity contribution in [3.63, 3.8) is 0 Å². The molecule has 0 heterocycles. The third-order valence-electron chi connectivity index (χ3n) is 3.69. The molecule has 0 saturated carbocycles. The van der Waals surface area contributed by atoms with Crippen LogP contribution in [0, 0.1) is 7.14 Å². The molecule has 0 aliphatic rings. The van der Waals surface area contributed by atoms with Gasteiger partial charge >= 0.3 is 5.97 Å². The van der Waals surface area contributed by atoms with Crippen molar-refractivity contribution in [1.82, 2.24) is 0 Å². The van der Waals surface area contributed by atoms with Crippen LogP contribution in [0.4, 0.5) is 0 Å². The van der Waals surface area contributed by atoms with Crippen LogP contribution in [0.5, 0.6) is 5.75 Å². The predicted molar refractivity (Wildman–Crippen MR) is 115 cm³/mol. The minimum atomic E-state index is -0.932. The van der Waals surface area contributed by atoms with E-state index in [2.05, 4.69) is 69.4 Å². The molecular weight excluding hydrogens is 542 g/mol. The number of carbonyl (C=O) groups is 1. The average Bonchev–Trinajstić information content (AvgIpc) is 2.62. The molecule has 0 atom stereocenters. The summed E-state index contributed by atoms with van der Waals surface area (Å²) in [6.07, 6.45) is 0. The van der Waals surface area contributed by atoms with Crippen molar-refractivity contribution in [2.45, 2.75) is 6.61 Å². The number of carboxylic acid groups (broad SMARTS) is 1. The van der Waals surface area contributed by atoms with Gasteiger partial charge in [0.25, 0.3) is 0 Å². The molecule has 0 aromatic heterocycles. The molecule has 0 radical (unpaired) electrons. The maximum Gasteiger partial charge on any atom is 0.335 e. The Morgan fingerprint density at radius 2 is 1.44 bits per heavy atom. The topological polar surface area (TPSA) is 46.5 Å². The van der Waals surface area contributed by atoms with Gasteiger partial charge in [0.2, 0.25) is 0 Å². The molecule has 3 aromatic carbocycles. The van der Waals surface area contributed by atoms with Crippen LogP contribution in [-0.4, -0.2) is 11.1 Å². The summed E-state index contributed by atoms with van der Waals surface area (Å²) in [5.74, 6) is -0.211. The van der Waals surface area contributed by atoms with Gasteiger partial charge in [0.1, 0.15) is 12.4 Å². The van der Waals surface area contributed by atoms with Gasteiger partial charge in [-0.25, -0.2) is 4.79 Å². The molecule has 0 unspecified atom stereocenters. The summed E-state index contributed by atoms with van der Waals surface area (Å²) >= 11 is 4.22. The van der Waals surface area contributed by atoms with Gasteiger partial charge in [-0.1, -0.05) is 54.6 Å². The zero-order valence-corrected chi connectivity index (χ0v) is 17.4. The van der Waals surface area contributed by atoms with Crippen molar-refractivity contribution in [1.29, 1.82) is 0 Å². The molecule has 1 N–H and O–H groups in total. The van der Waals surface area contributed by atoms with E-state index in [9.17, 15) is 4.79 Å². The third kappa shape index (κ3) is 4.52. The van der Waals surface area contributed by atoms with Crippen LogP contribution in [0.2, 0.25) is 0 Å². The Kier molecular flexibility index (Phi) is 5.95. The Morgan fingerprint density at radius 3 is 2.00 bits per heavy atom. The van der Waals surface area contributed by atoms with Crippen molar-refractivity contribution in [2.75, 3.05) is 0 Å². The van der Waals surface area contributed by atoms with Gasteiger partial charge in [0.05, 0.1) is 12.7 Å². The summed E-state index contributed by atoms with van der Waals surface area (Å²) in [6.45, 7) is 0.438. The zero-order valence-electron chi connectivity index (χ0n) is 13.1. The van der Waals surface area contributed by atoms with E-state index in [0.717, 1.165) is 18.5 Å². The number of hydrogen-bond donors (Lipinski definition) is 1. The molecule has 3 rings (SSSR count). The van der Waals surface area contributed by atoms with Gasteiger partial charge in [-0.05, 0) is 74.0 Å². The summed E-state index contributed by atoms with van der Waals surface area (Å²) in [5, 5.41) is 9.10. The normalized spacial score (nSPS) is 10.5. The molecule has 0 aliphatic carbocycles. The second kappa shape index (κ2) is 8.18. The Balaban J connectivity index is 1.73. The summed E-state index contributed by atoms with van der Waals surface area (Å²) in [6, 6.07) is 21.7. The number of ether oxygens (including phenoxy) is 1. The standard InChI is InChI=1S/C20H14I2O3/c21-17-10-16(20(23)24)11-18(22)19(17)25-12-13-6-8-15(9-7-13)14-4-2-1-3-5-14/h1-11H,12H2,(H,23,24). The number of carboxylic acids is 1. The van der Waals surface area contributed by atoms with Gasteiger partial charge in [0.15, 0.2) is 0 Å². The molecule has 5 heteroatoms. The van der Waals surface area contributed by atoms with E-state index in [1.54, 1.807) is 12.1 Å². The average molecular weight is 556 g/mol. The summed E-state index contributed by atoms with van der Waals surface area (Å²) < 4.78 is 7.51. The van der Waals surface area contributed by atoms with Crippen LogP contribution in [0.25, 0.3) is 11.1 Å². The monoisotopic (exact) mass is 556 g/mol. The lowest BCUT2D eigenvalue weighted by molar-refractivity contribution is 0.0696. The fraction of sp³-hybridized carbons (Fsp3) is 0.0500. The van der Waals surface area contributed by atoms with E-state index >= 15 is 0 Å². The molecular formula is C20H14I2O3. The maximum atomic E-state index is 11.1. The van der Waals surface area contributed by atoms with Crippen molar-refractivity contribution >= 4 is 51.2 Å². The fourth-order valence-corrected chi connectivity index (χ4v) is 4.48. The van der Waals surface area contributed by atoms with E-state index < -0.39 is 5.97 Å². The van der Waals surface area contributed by atoms with Crippen LogP contribution >= 0.6 is 45.2 Å². The number of rotatable bonds is 5. The molecule has 126 valence electrons. The first-order chi connectivity index (χ1) is 12.0. The predicted octanol–water partition coefficient (Wildman–Crippen LogP) is 5.84. The Hall–Kier alpha value is -1.61. The molecule has 0 spiro atoms. The molecule has 0 fully saturated rings. The maximum absolute atomic E-state index is 11.1. The zero-order chi connectivity index (χ0) is 17.8. The second-order valence-electron chi connectivity index (χ2n) is 5.43. The van der Waals surface area contributed by atoms with Crippen molar-refractivity contribution in [3.05, 3.63) is 85.0 Å². The molecule has 0 saturated heterocycles. The lowest BCUT2D eigenvalue weighted by Crippen LogP contribution is -2.03. The van der Waals surface area contributed by atoms with Gasteiger partial charge < -0.3 is 9.84 Å². The lowest BCUT2D eigenvalue weighted by atomic mass is 10.0. The first-order valence-corrected chi connectivity index (χ1v) is 9.70. The van der Waals surface area contributed by atoms with E-state index in [1.165, 1.54) is 11.1 Å². The number of benzene rings is 3. The van der Waals surface area contributed by atoms with E-state index in [4.69, 9.17) is 9.84 Å². The van der Waals surface area contributed by atoms with Gasteiger partial charge in [-0.3, -0.25) is 0 Å². The van der Waals surface area contributed by atoms with Crippen molar-refractivity contribution < 1.29 is 14.6 Å². The van der Waals surface area contributed by atoms with Crippen LogP contribution in [0.3, 0.4) is 0 Å². The van der Waals surface area contributed by atoms with E-state index in [-0.39, 0.29) is 5.56 Å². The molecule has 0 aliphatic heterocycles. The van der Waals surface area contributed by atoms with Gasteiger partial charge in [0, 0.05) is 0 Å². The fourth-order valence-electron chi connectivity index (χ4n) is 2.40. The molecule has 0 bridgehead atoms. The number of aromatic carboxylic acids is 1. The highest BCUT2D eigenvalue weighted by atomic mass is 127. The van der Waals surface area contributed by atoms with E-state index in [1.807, 2.05) is 30.3 Å². The first-order valence-electron chi connectivity index (χ1n) is 7.54. The highest BCUT2D eigenvalue weighted by Gasteiger charge is 2.12. The molecule has 0 amide bonds. The van der Waals surface area contributed by atoms with Crippen molar-refractivity contribution in [3.8, 4) is 16.9 Å².